The number of anilines is 1. The second kappa shape index (κ2) is 7.16. The van der Waals surface area contributed by atoms with Gasteiger partial charge in [0.1, 0.15) is 5.82 Å². The monoisotopic (exact) mass is 346 g/mol. The first-order valence-electron chi connectivity index (χ1n) is 7.80. The molecule has 132 valence electrons. The zero-order valence-electron chi connectivity index (χ0n) is 14.0. The van der Waals surface area contributed by atoms with Crippen molar-refractivity contribution in [2.45, 2.75) is 13.2 Å². The van der Waals surface area contributed by atoms with E-state index in [1.54, 1.807) is 31.2 Å². The van der Waals surface area contributed by atoms with Crippen molar-refractivity contribution in [3.05, 3.63) is 54.0 Å². The lowest BCUT2D eigenvalue weighted by Gasteiger charge is -2.36. The minimum Gasteiger partial charge on any atom is -0.481 e. The molecule has 1 aromatic carbocycles. The summed E-state index contributed by atoms with van der Waals surface area (Å²) in [6, 6.07) is 9.27. The number of methoxy groups -OCH3 is 1. The molecule has 6 nitrogen and oxygen atoms in total. The van der Waals surface area contributed by atoms with Crippen LogP contribution in [0.1, 0.15) is 18.8 Å². The molecule has 0 spiro atoms. The molecule has 1 aliphatic heterocycles. The smallest absolute Gasteiger partial charge is 0.235 e. The standard InChI is InChI=1S/C18H19FN2O4/c1-18(17(22)21-14-7-8-15(23-2)20-9-14)10-24-16(25-11-18)12-3-5-13(19)6-4-12/h3-9,16H,10-11H2,1-2H3,(H,21,22). The minimum absolute atomic E-state index is 0.185. The van der Waals surface area contributed by atoms with Gasteiger partial charge in [-0.3, -0.25) is 4.79 Å². The van der Waals surface area contributed by atoms with Gasteiger partial charge in [-0.1, -0.05) is 12.1 Å². The van der Waals surface area contributed by atoms with Crippen molar-refractivity contribution in [2.24, 2.45) is 5.41 Å². The van der Waals surface area contributed by atoms with Gasteiger partial charge < -0.3 is 19.5 Å². The molecule has 0 atom stereocenters. The van der Waals surface area contributed by atoms with E-state index >= 15 is 0 Å². The van der Waals surface area contributed by atoms with Crippen LogP contribution in [0.5, 0.6) is 5.88 Å². The highest BCUT2D eigenvalue weighted by Gasteiger charge is 2.40. The van der Waals surface area contributed by atoms with Crippen LogP contribution >= 0.6 is 0 Å². The predicted octanol–water partition coefficient (Wildman–Crippen LogP) is 2.92. The van der Waals surface area contributed by atoms with Gasteiger partial charge in [-0.2, -0.15) is 0 Å². The van der Waals surface area contributed by atoms with E-state index < -0.39 is 11.7 Å². The zero-order chi connectivity index (χ0) is 17.9. The van der Waals surface area contributed by atoms with Gasteiger partial charge in [-0.05, 0) is 25.1 Å². The van der Waals surface area contributed by atoms with Crippen LogP contribution in [-0.2, 0) is 14.3 Å². The quantitative estimate of drug-likeness (QED) is 0.922. The van der Waals surface area contributed by atoms with Crippen LogP contribution in [0.2, 0.25) is 0 Å². The molecule has 0 bridgehead atoms. The fourth-order valence-electron chi connectivity index (χ4n) is 2.41. The van der Waals surface area contributed by atoms with Crippen molar-refractivity contribution < 1.29 is 23.4 Å². The molecule has 0 radical (unpaired) electrons. The summed E-state index contributed by atoms with van der Waals surface area (Å²) in [5, 5.41) is 2.80. The molecule has 0 unspecified atom stereocenters. The van der Waals surface area contributed by atoms with Gasteiger partial charge in [-0.15, -0.1) is 0 Å². The Morgan fingerprint density at radius 1 is 1.24 bits per heavy atom. The van der Waals surface area contributed by atoms with E-state index in [0.29, 0.717) is 17.1 Å². The van der Waals surface area contributed by atoms with Crippen molar-refractivity contribution in [3.8, 4) is 5.88 Å². The Kier molecular flexibility index (Phi) is 4.96. The van der Waals surface area contributed by atoms with Crippen LogP contribution in [0, 0.1) is 11.2 Å². The zero-order valence-corrected chi connectivity index (χ0v) is 14.0. The highest BCUT2D eigenvalue weighted by molar-refractivity contribution is 5.95. The van der Waals surface area contributed by atoms with Crippen LogP contribution in [-0.4, -0.2) is 31.2 Å². The van der Waals surface area contributed by atoms with E-state index in [0.717, 1.165) is 0 Å². The number of halogens is 1. The summed E-state index contributed by atoms with van der Waals surface area (Å²) in [4.78, 5) is 16.6. The van der Waals surface area contributed by atoms with Gasteiger partial charge in [-0.25, -0.2) is 9.37 Å². The molecule has 1 amide bonds. The number of nitrogens with zero attached hydrogens (tertiary/aromatic N) is 1. The van der Waals surface area contributed by atoms with Crippen LogP contribution < -0.4 is 10.1 Å². The maximum absolute atomic E-state index is 13.0. The maximum atomic E-state index is 13.0. The van der Waals surface area contributed by atoms with Gasteiger partial charge in [0.25, 0.3) is 0 Å². The first-order valence-corrected chi connectivity index (χ1v) is 7.80. The number of carbonyl (C=O) groups excluding carboxylic acids is 1. The number of rotatable bonds is 4. The maximum Gasteiger partial charge on any atom is 0.235 e. The molecule has 25 heavy (non-hydrogen) atoms. The van der Waals surface area contributed by atoms with Gasteiger partial charge >= 0.3 is 0 Å². The highest BCUT2D eigenvalue weighted by atomic mass is 19.1. The second-order valence-electron chi connectivity index (χ2n) is 6.11. The fourth-order valence-corrected chi connectivity index (χ4v) is 2.41. The Bertz CT molecular complexity index is 726. The van der Waals surface area contributed by atoms with E-state index in [2.05, 4.69) is 10.3 Å². The molecule has 1 aliphatic rings. The normalized spacial score (nSPS) is 23.1. The lowest BCUT2D eigenvalue weighted by molar-refractivity contribution is -0.226. The second-order valence-corrected chi connectivity index (χ2v) is 6.11. The molecule has 0 saturated carbocycles. The number of aromatic nitrogens is 1. The minimum atomic E-state index is -0.837. The third kappa shape index (κ3) is 3.94. The van der Waals surface area contributed by atoms with E-state index in [9.17, 15) is 9.18 Å². The Morgan fingerprint density at radius 2 is 1.92 bits per heavy atom. The van der Waals surface area contributed by atoms with Gasteiger partial charge in [0, 0.05) is 11.6 Å². The van der Waals surface area contributed by atoms with Crippen molar-refractivity contribution in [1.82, 2.24) is 4.98 Å². The predicted molar refractivity (Wildman–Crippen MR) is 88.6 cm³/mol. The first kappa shape index (κ1) is 17.3. The van der Waals surface area contributed by atoms with Crippen LogP contribution in [0.25, 0.3) is 0 Å². The van der Waals surface area contributed by atoms with Crippen LogP contribution in [0.4, 0.5) is 10.1 Å². The molecule has 1 saturated heterocycles. The Morgan fingerprint density at radius 3 is 2.48 bits per heavy atom. The number of amides is 1. The Labute approximate surface area is 144 Å². The number of benzene rings is 1. The molecule has 3 rings (SSSR count). The van der Waals surface area contributed by atoms with E-state index in [1.165, 1.54) is 25.4 Å². The molecule has 1 aromatic heterocycles. The van der Waals surface area contributed by atoms with Crippen molar-refractivity contribution >= 4 is 11.6 Å². The Balaban J connectivity index is 1.60. The summed E-state index contributed by atoms with van der Waals surface area (Å²) >= 11 is 0. The van der Waals surface area contributed by atoms with Crippen molar-refractivity contribution in [3.63, 3.8) is 0 Å². The van der Waals surface area contributed by atoms with Gasteiger partial charge in [0.15, 0.2) is 6.29 Å². The lowest BCUT2D eigenvalue weighted by Crippen LogP contribution is -2.45. The number of nitrogens with one attached hydrogen (secondary N) is 1. The van der Waals surface area contributed by atoms with Crippen LogP contribution in [0.3, 0.4) is 0 Å². The molecule has 1 N–H and O–H groups in total. The average Bonchev–Trinajstić information content (AvgIpc) is 2.64. The lowest BCUT2D eigenvalue weighted by atomic mass is 9.90. The summed E-state index contributed by atoms with van der Waals surface area (Å²) in [6.07, 6.45) is 0.913. The van der Waals surface area contributed by atoms with Crippen molar-refractivity contribution in [1.29, 1.82) is 0 Å². The molecule has 0 aliphatic carbocycles. The van der Waals surface area contributed by atoms with E-state index in [-0.39, 0.29) is 24.9 Å². The first-order chi connectivity index (χ1) is 12.0. The molecular formula is C18H19FN2O4. The SMILES string of the molecule is COc1ccc(NC(=O)C2(C)COC(c3ccc(F)cc3)OC2)cn1. The van der Waals surface area contributed by atoms with E-state index in [4.69, 9.17) is 14.2 Å². The summed E-state index contributed by atoms with van der Waals surface area (Å²) in [7, 11) is 1.52. The summed E-state index contributed by atoms with van der Waals surface area (Å²) in [5.41, 5.74) is 0.437. The Hall–Kier alpha value is -2.51. The summed E-state index contributed by atoms with van der Waals surface area (Å²) in [5.74, 6) is -0.0791. The van der Waals surface area contributed by atoms with E-state index in [1.807, 2.05) is 0 Å². The summed E-state index contributed by atoms with van der Waals surface area (Å²) < 4.78 is 29.3. The number of ether oxygens (including phenoxy) is 3. The van der Waals surface area contributed by atoms with Crippen LogP contribution in [0.15, 0.2) is 42.6 Å². The highest BCUT2D eigenvalue weighted by Crippen LogP contribution is 2.32. The average molecular weight is 346 g/mol. The number of carbonyl (C=O) groups is 1. The fraction of sp³-hybridized carbons (Fsp3) is 0.333. The largest absolute Gasteiger partial charge is 0.481 e. The number of hydrogen-bond donors (Lipinski definition) is 1. The molecule has 7 heteroatoms. The third-order valence-corrected chi connectivity index (χ3v) is 4.00. The molecule has 1 fully saturated rings. The summed E-state index contributed by atoms with van der Waals surface area (Å²) in [6.45, 7) is 2.13. The van der Waals surface area contributed by atoms with Crippen molar-refractivity contribution in [2.75, 3.05) is 25.6 Å². The topological polar surface area (TPSA) is 69.7 Å². The molecular weight excluding hydrogens is 327 g/mol. The number of hydrogen-bond acceptors (Lipinski definition) is 5. The van der Waals surface area contributed by atoms with Gasteiger partial charge in [0.2, 0.25) is 11.8 Å². The third-order valence-electron chi connectivity index (χ3n) is 4.00. The van der Waals surface area contributed by atoms with Gasteiger partial charge in [0.05, 0.1) is 37.6 Å². The molecule has 2 heterocycles. The number of pyridine rings is 1. The molecule has 2 aromatic rings.